The van der Waals surface area contributed by atoms with Crippen LogP contribution in [0.15, 0.2) is 12.4 Å². The Morgan fingerprint density at radius 1 is 1.79 bits per heavy atom. The molecule has 1 aliphatic heterocycles. The lowest BCUT2D eigenvalue weighted by atomic mass is 10.1. The van der Waals surface area contributed by atoms with E-state index in [1.165, 1.54) is 24.2 Å². The van der Waals surface area contributed by atoms with Crippen LogP contribution in [0.2, 0.25) is 0 Å². The molecule has 2 unspecified atom stereocenters. The Hall–Kier alpha value is -0.480. The van der Waals surface area contributed by atoms with Gasteiger partial charge in [-0.25, -0.2) is 0 Å². The molecular formula is C10H17N3S. The maximum atomic E-state index is 6.19. The maximum absolute atomic E-state index is 6.19. The lowest BCUT2D eigenvalue weighted by Gasteiger charge is -2.16. The highest BCUT2D eigenvalue weighted by atomic mass is 32.2. The maximum Gasteiger partial charge on any atom is 0.0537 e. The molecule has 2 N–H and O–H groups in total. The van der Waals surface area contributed by atoms with Crippen molar-refractivity contribution in [3.63, 3.8) is 0 Å². The summed E-state index contributed by atoms with van der Waals surface area (Å²) in [5.74, 6) is 1.26. The van der Waals surface area contributed by atoms with Crippen molar-refractivity contribution in [1.82, 2.24) is 9.78 Å². The first-order chi connectivity index (χ1) is 6.81. The molecular weight excluding hydrogens is 194 g/mol. The van der Waals surface area contributed by atoms with Gasteiger partial charge in [0.1, 0.15) is 0 Å². The van der Waals surface area contributed by atoms with Gasteiger partial charge in [0, 0.05) is 29.6 Å². The third-order valence-electron chi connectivity index (χ3n) is 2.73. The van der Waals surface area contributed by atoms with Crippen molar-refractivity contribution < 1.29 is 0 Å². The van der Waals surface area contributed by atoms with Crippen molar-refractivity contribution in [1.29, 1.82) is 0 Å². The Labute approximate surface area is 89.1 Å². The number of thioether (sulfide) groups is 1. The molecule has 4 heteroatoms. The van der Waals surface area contributed by atoms with E-state index in [1.54, 1.807) is 0 Å². The highest BCUT2D eigenvalue weighted by Gasteiger charge is 2.24. The van der Waals surface area contributed by atoms with Crippen LogP contribution in [0.3, 0.4) is 0 Å². The summed E-state index contributed by atoms with van der Waals surface area (Å²) >= 11 is 2.00. The van der Waals surface area contributed by atoms with Gasteiger partial charge in [0.2, 0.25) is 0 Å². The molecule has 1 aliphatic rings. The molecule has 14 heavy (non-hydrogen) atoms. The summed E-state index contributed by atoms with van der Waals surface area (Å²) in [5, 5.41) is 4.86. The van der Waals surface area contributed by atoms with Crippen LogP contribution >= 0.6 is 11.8 Å². The summed E-state index contributed by atoms with van der Waals surface area (Å²) in [7, 11) is 0. The third-order valence-corrected chi connectivity index (χ3v) is 4.21. The van der Waals surface area contributed by atoms with Gasteiger partial charge in [0.15, 0.2) is 0 Å². The van der Waals surface area contributed by atoms with Crippen molar-refractivity contribution in [3.8, 4) is 0 Å². The molecule has 0 radical (unpaired) electrons. The van der Waals surface area contributed by atoms with Crippen LogP contribution in [-0.4, -0.2) is 20.8 Å². The number of hydrogen-bond donors (Lipinski definition) is 1. The second kappa shape index (κ2) is 4.36. The average molecular weight is 211 g/mol. The Morgan fingerprint density at radius 3 is 3.21 bits per heavy atom. The predicted octanol–water partition coefficient (Wildman–Crippen LogP) is 1.80. The lowest BCUT2D eigenvalue weighted by molar-refractivity contribution is 0.637. The SMILES string of the molecule is CCn1cc(C(N)C2CCCS2)cn1. The second-order valence-corrected chi connectivity index (χ2v) is 5.05. The molecule has 1 aromatic heterocycles. The van der Waals surface area contributed by atoms with Crippen molar-refractivity contribution in [2.24, 2.45) is 5.73 Å². The van der Waals surface area contributed by atoms with Gasteiger partial charge in [0.25, 0.3) is 0 Å². The summed E-state index contributed by atoms with van der Waals surface area (Å²) < 4.78 is 1.94. The van der Waals surface area contributed by atoms with Crippen LogP contribution in [0.25, 0.3) is 0 Å². The fourth-order valence-electron chi connectivity index (χ4n) is 1.83. The molecule has 2 heterocycles. The number of rotatable bonds is 3. The molecule has 2 atom stereocenters. The topological polar surface area (TPSA) is 43.8 Å². The predicted molar refractivity (Wildman–Crippen MR) is 60.3 cm³/mol. The van der Waals surface area contributed by atoms with E-state index in [9.17, 15) is 0 Å². The average Bonchev–Trinajstić information content (AvgIpc) is 2.88. The number of aryl methyl sites for hydroxylation is 1. The van der Waals surface area contributed by atoms with E-state index in [0.29, 0.717) is 5.25 Å². The zero-order valence-corrected chi connectivity index (χ0v) is 9.33. The van der Waals surface area contributed by atoms with E-state index in [1.807, 2.05) is 22.6 Å². The first-order valence-corrected chi connectivity index (χ1v) is 6.25. The van der Waals surface area contributed by atoms with Crippen LogP contribution in [0.4, 0.5) is 0 Å². The van der Waals surface area contributed by atoms with Crippen LogP contribution in [0, 0.1) is 0 Å². The van der Waals surface area contributed by atoms with Gasteiger partial charge in [-0.1, -0.05) is 0 Å². The summed E-state index contributed by atoms with van der Waals surface area (Å²) in [6, 6.07) is 0.169. The van der Waals surface area contributed by atoms with E-state index in [4.69, 9.17) is 5.73 Å². The van der Waals surface area contributed by atoms with Gasteiger partial charge >= 0.3 is 0 Å². The quantitative estimate of drug-likeness (QED) is 0.829. The Balaban J connectivity index is 2.05. The Bertz CT molecular complexity index is 291. The molecule has 0 aliphatic carbocycles. The molecule has 1 aromatic rings. The number of nitrogens with zero attached hydrogens (tertiary/aromatic N) is 2. The van der Waals surface area contributed by atoms with E-state index in [2.05, 4.69) is 18.2 Å². The minimum absolute atomic E-state index is 0.169. The van der Waals surface area contributed by atoms with Gasteiger partial charge in [-0.2, -0.15) is 16.9 Å². The van der Waals surface area contributed by atoms with Crippen molar-refractivity contribution >= 4 is 11.8 Å². The minimum atomic E-state index is 0.169. The van der Waals surface area contributed by atoms with Gasteiger partial charge in [-0.15, -0.1) is 0 Å². The third kappa shape index (κ3) is 1.96. The number of hydrogen-bond acceptors (Lipinski definition) is 3. The van der Waals surface area contributed by atoms with Gasteiger partial charge in [-0.3, -0.25) is 4.68 Å². The van der Waals surface area contributed by atoms with Gasteiger partial charge < -0.3 is 5.73 Å². The monoisotopic (exact) mass is 211 g/mol. The van der Waals surface area contributed by atoms with E-state index in [-0.39, 0.29) is 6.04 Å². The summed E-state index contributed by atoms with van der Waals surface area (Å²) in [6.07, 6.45) is 6.55. The molecule has 3 nitrogen and oxygen atoms in total. The largest absolute Gasteiger partial charge is 0.323 e. The molecule has 0 amide bonds. The van der Waals surface area contributed by atoms with Crippen LogP contribution < -0.4 is 5.73 Å². The van der Waals surface area contributed by atoms with E-state index < -0.39 is 0 Å². The Kier molecular flexibility index (Phi) is 3.13. The molecule has 78 valence electrons. The molecule has 2 rings (SSSR count). The normalized spacial score (nSPS) is 24.0. The molecule has 1 fully saturated rings. The number of aromatic nitrogens is 2. The van der Waals surface area contributed by atoms with Crippen LogP contribution in [0.1, 0.15) is 31.4 Å². The summed E-state index contributed by atoms with van der Waals surface area (Å²) in [6.45, 7) is 3.01. The van der Waals surface area contributed by atoms with Crippen molar-refractivity contribution in [2.75, 3.05) is 5.75 Å². The summed E-state index contributed by atoms with van der Waals surface area (Å²) in [4.78, 5) is 0. The first kappa shape index (κ1) is 10.1. The van der Waals surface area contributed by atoms with E-state index >= 15 is 0 Å². The molecule has 1 saturated heterocycles. The second-order valence-electron chi connectivity index (χ2n) is 3.71. The van der Waals surface area contributed by atoms with Crippen molar-refractivity contribution in [2.45, 2.75) is 37.6 Å². The minimum Gasteiger partial charge on any atom is -0.323 e. The fraction of sp³-hybridized carbons (Fsp3) is 0.700. The smallest absolute Gasteiger partial charge is 0.0537 e. The molecule has 0 spiro atoms. The first-order valence-electron chi connectivity index (χ1n) is 5.21. The molecule has 0 bridgehead atoms. The number of nitrogens with two attached hydrogens (primary N) is 1. The van der Waals surface area contributed by atoms with Gasteiger partial charge in [0.05, 0.1) is 6.20 Å². The van der Waals surface area contributed by atoms with Crippen LogP contribution in [-0.2, 0) is 6.54 Å². The fourth-order valence-corrected chi connectivity index (χ4v) is 3.16. The highest BCUT2D eigenvalue weighted by Crippen LogP contribution is 2.34. The van der Waals surface area contributed by atoms with Crippen LogP contribution in [0.5, 0.6) is 0 Å². The van der Waals surface area contributed by atoms with E-state index in [0.717, 1.165) is 6.54 Å². The molecule has 0 saturated carbocycles. The molecule has 0 aromatic carbocycles. The zero-order chi connectivity index (χ0) is 9.97. The standard InChI is InChI=1S/C10H17N3S/c1-2-13-7-8(6-12-13)10(11)9-4-3-5-14-9/h6-7,9-10H,2-5,11H2,1H3. The highest BCUT2D eigenvalue weighted by molar-refractivity contribution is 8.00. The van der Waals surface area contributed by atoms with Crippen molar-refractivity contribution in [3.05, 3.63) is 18.0 Å². The zero-order valence-electron chi connectivity index (χ0n) is 8.52. The Morgan fingerprint density at radius 2 is 2.64 bits per heavy atom. The van der Waals surface area contributed by atoms with Gasteiger partial charge in [-0.05, 0) is 25.5 Å². The summed E-state index contributed by atoms with van der Waals surface area (Å²) in [5.41, 5.74) is 7.38. The lowest BCUT2D eigenvalue weighted by Crippen LogP contribution is -2.21.